The zero-order valence-electron chi connectivity index (χ0n) is 15.9. The van der Waals surface area contributed by atoms with Gasteiger partial charge in [0, 0.05) is 37.2 Å². The molecule has 1 unspecified atom stereocenters. The lowest BCUT2D eigenvalue weighted by molar-refractivity contribution is -0.0612. The maximum Gasteiger partial charge on any atom is 0.385 e. The number of morpholine rings is 1. The van der Waals surface area contributed by atoms with Crippen LogP contribution < -0.4 is 8.92 Å². The van der Waals surface area contributed by atoms with Gasteiger partial charge in [0.2, 0.25) is 0 Å². The fourth-order valence-corrected chi connectivity index (χ4v) is 4.71. The molecule has 0 amide bonds. The van der Waals surface area contributed by atoms with Crippen molar-refractivity contribution < 1.29 is 22.1 Å². The second-order valence-corrected chi connectivity index (χ2v) is 8.66. The minimum atomic E-state index is -3.80. The van der Waals surface area contributed by atoms with Crippen LogP contribution in [0, 0.1) is 0 Å². The molecule has 1 aromatic carbocycles. The minimum Gasteiger partial charge on any atom is -0.474 e. The number of fused-ring (bicyclic) bond motifs is 1. The van der Waals surface area contributed by atoms with Gasteiger partial charge in [-0.05, 0) is 18.2 Å². The Labute approximate surface area is 156 Å². The van der Waals surface area contributed by atoms with Gasteiger partial charge in [-0.3, -0.25) is 4.90 Å². The van der Waals surface area contributed by atoms with Gasteiger partial charge in [-0.15, -0.1) is 0 Å². The Morgan fingerprint density at radius 3 is 2.50 bits per heavy atom. The second-order valence-electron chi connectivity index (χ2n) is 7.12. The molecule has 1 aromatic rings. The normalized spacial score (nSPS) is 22.9. The predicted molar refractivity (Wildman–Crippen MR) is 98.7 cm³/mol. The van der Waals surface area contributed by atoms with Crippen LogP contribution in [0.1, 0.15) is 33.3 Å². The Kier molecular flexibility index (Phi) is 5.48. The lowest BCUT2D eigenvalue weighted by Crippen LogP contribution is -2.52. The van der Waals surface area contributed by atoms with E-state index in [1.807, 2.05) is 0 Å². The highest BCUT2D eigenvalue weighted by molar-refractivity contribution is 7.84. The van der Waals surface area contributed by atoms with Crippen molar-refractivity contribution in [1.29, 1.82) is 0 Å². The van der Waals surface area contributed by atoms with Crippen LogP contribution in [0.3, 0.4) is 0 Å². The third kappa shape index (κ3) is 3.55. The standard InChI is InChI=1S/C18H28N2O5S/c1-5-20(6-2)26(21,22)25-14-7-8-16-15(13-14)18(3,4)17(24-16)19-9-11-23-12-10-19/h7-8,13,17H,5-6,9-12H2,1-4H3. The van der Waals surface area contributed by atoms with E-state index in [0.29, 0.717) is 32.1 Å². The van der Waals surface area contributed by atoms with Crippen molar-refractivity contribution in [3.05, 3.63) is 23.8 Å². The van der Waals surface area contributed by atoms with Crippen molar-refractivity contribution in [3.8, 4) is 11.5 Å². The molecule has 0 aromatic heterocycles. The van der Waals surface area contributed by atoms with Gasteiger partial charge in [0.1, 0.15) is 11.5 Å². The van der Waals surface area contributed by atoms with Crippen molar-refractivity contribution in [2.45, 2.75) is 39.3 Å². The van der Waals surface area contributed by atoms with Crippen LogP contribution in [0.25, 0.3) is 0 Å². The molecule has 2 heterocycles. The van der Waals surface area contributed by atoms with Crippen molar-refractivity contribution in [2.75, 3.05) is 39.4 Å². The number of benzene rings is 1. The van der Waals surface area contributed by atoms with Crippen LogP contribution in [0.5, 0.6) is 11.5 Å². The summed E-state index contributed by atoms with van der Waals surface area (Å²) in [6, 6.07) is 5.24. The summed E-state index contributed by atoms with van der Waals surface area (Å²) >= 11 is 0. The quantitative estimate of drug-likeness (QED) is 0.747. The molecule has 0 N–H and O–H groups in total. The van der Waals surface area contributed by atoms with E-state index in [-0.39, 0.29) is 11.6 Å². The molecular weight excluding hydrogens is 356 g/mol. The molecule has 0 spiro atoms. The topological polar surface area (TPSA) is 68.3 Å². The van der Waals surface area contributed by atoms with Gasteiger partial charge >= 0.3 is 10.3 Å². The summed E-state index contributed by atoms with van der Waals surface area (Å²) in [6.07, 6.45) is -0.101. The summed E-state index contributed by atoms with van der Waals surface area (Å²) in [7, 11) is -3.80. The van der Waals surface area contributed by atoms with Crippen molar-refractivity contribution >= 4 is 10.3 Å². The van der Waals surface area contributed by atoms with E-state index in [1.165, 1.54) is 4.31 Å². The first kappa shape index (κ1) is 19.4. The molecule has 146 valence electrons. The van der Waals surface area contributed by atoms with Crippen molar-refractivity contribution in [3.63, 3.8) is 0 Å². The van der Waals surface area contributed by atoms with Crippen LogP contribution >= 0.6 is 0 Å². The Bertz CT molecular complexity index is 740. The molecule has 0 saturated carbocycles. The Morgan fingerprint density at radius 2 is 1.88 bits per heavy atom. The monoisotopic (exact) mass is 384 g/mol. The maximum atomic E-state index is 12.4. The average molecular weight is 384 g/mol. The van der Waals surface area contributed by atoms with Crippen molar-refractivity contribution in [2.24, 2.45) is 0 Å². The summed E-state index contributed by atoms with van der Waals surface area (Å²) in [4.78, 5) is 2.27. The first-order valence-electron chi connectivity index (χ1n) is 9.12. The predicted octanol–water partition coefficient (Wildman–Crippen LogP) is 1.98. The molecule has 1 fully saturated rings. The molecule has 0 aliphatic carbocycles. The van der Waals surface area contributed by atoms with Crippen LogP contribution in [0.2, 0.25) is 0 Å². The molecule has 0 bridgehead atoms. The van der Waals surface area contributed by atoms with Crippen LogP contribution in [0.15, 0.2) is 18.2 Å². The SMILES string of the molecule is CCN(CC)S(=O)(=O)Oc1ccc2c(c1)C(C)(C)C(N1CCOCC1)O2. The largest absolute Gasteiger partial charge is 0.474 e. The summed E-state index contributed by atoms with van der Waals surface area (Å²) in [5.74, 6) is 1.09. The van der Waals surface area contributed by atoms with Crippen molar-refractivity contribution in [1.82, 2.24) is 9.21 Å². The van der Waals surface area contributed by atoms with E-state index in [1.54, 1.807) is 32.0 Å². The Hall–Kier alpha value is -1.35. The second kappa shape index (κ2) is 7.34. The zero-order valence-corrected chi connectivity index (χ0v) is 16.7. The highest BCUT2D eigenvalue weighted by Crippen LogP contribution is 2.45. The molecule has 1 saturated heterocycles. The first-order valence-corrected chi connectivity index (χ1v) is 10.5. The van der Waals surface area contributed by atoms with Crippen LogP contribution in [-0.4, -0.2) is 63.2 Å². The van der Waals surface area contributed by atoms with E-state index >= 15 is 0 Å². The molecule has 2 aliphatic rings. The first-order chi connectivity index (χ1) is 12.3. The van der Waals surface area contributed by atoms with Gasteiger partial charge in [-0.2, -0.15) is 12.7 Å². The zero-order chi connectivity index (χ0) is 18.9. The van der Waals surface area contributed by atoms with E-state index in [4.69, 9.17) is 13.7 Å². The van der Waals surface area contributed by atoms with E-state index < -0.39 is 10.3 Å². The molecule has 3 rings (SSSR count). The van der Waals surface area contributed by atoms with E-state index in [0.717, 1.165) is 24.4 Å². The average Bonchev–Trinajstić information content (AvgIpc) is 2.87. The Balaban J connectivity index is 1.84. The molecule has 8 heteroatoms. The number of hydrogen-bond acceptors (Lipinski definition) is 6. The van der Waals surface area contributed by atoms with Crippen LogP contribution in [0.4, 0.5) is 0 Å². The fourth-order valence-electron chi connectivity index (χ4n) is 3.62. The van der Waals surface area contributed by atoms with Gasteiger partial charge in [0.15, 0.2) is 6.23 Å². The van der Waals surface area contributed by atoms with E-state index in [2.05, 4.69) is 18.7 Å². The van der Waals surface area contributed by atoms with E-state index in [9.17, 15) is 8.42 Å². The van der Waals surface area contributed by atoms with Gasteiger partial charge in [0.05, 0.1) is 13.2 Å². The third-order valence-corrected chi connectivity index (χ3v) is 6.65. The minimum absolute atomic E-state index is 0.101. The summed E-state index contributed by atoms with van der Waals surface area (Å²) < 4.78 is 43.0. The molecule has 1 atom stereocenters. The maximum absolute atomic E-state index is 12.4. The van der Waals surface area contributed by atoms with Gasteiger partial charge in [-0.1, -0.05) is 27.7 Å². The smallest absolute Gasteiger partial charge is 0.385 e. The fraction of sp³-hybridized carbons (Fsp3) is 0.667. The lowest BCUT2D eigenvalue weighted by atomic mass is 9.83. The third-order valence-electron chi connectivity index (χ3n) is 5.10. The van der Waals surface area contributed by atoms with Gasteiger partial charge in [0.25, 0.3) is 0 Å². The summed E-state index contributed by atoms with van der Waals surface area (Å²) in [6.45, 7) is 11.6. The number of hydrogen-bond donors (Lipinski definition) is 0. The Morgan fingerprint density at radius 1 is 1.23 bits per heavy atom. The number of rotatable bonds is 6. The molecule has 0 radical (unpaired) electrons. The van der Waals surface area contributed by atoms with Crippen LogP contribution in [-0.2, 0) is 20.5 Å². The van der Waals surface area contributed by atoms with Gasteiger partial charge < -0.3 is 13.7 Å². The molecule has 26 heavy (non-hydrogen) atoms. The van der Waals surface area contributed by atoms with Gasteiger partial charge in [-0.25, -0.2) is 0 Å². The summed E-state index contributed by atoms with van der Waals surface area (Å²) in [5.41, 5.74) is 0.673. The molecular formula is C18H28N2O5S. The number of nitrogens with zero attached hydrogens (tertiary/aromatic N) is 2. The number of ether oxygens (including phenoxy) is 2. The molecule has 7 nitrogen and oxygen atoms in total. The lowest BCUT2D eigenvalue weighted by Gasteiger charge is -2.38. The highest BCUT2D eigenvalue weighted by atomic mass is 32.2. The summed E-state index contributed by atoms with van der Waals surface area (Å²) in [5, 5.41) is 0. The highest BCUT2D eigenvalue weighted by Gasteiger charge is 2.45. The molecule has 2 aliphatic heterocycles.